The highest BCUT2D eigenvalue weighted by molar-refractivity contribution is 4.79. The fraction of sp³-hybridized carbons (Fsp3) is 1.00. The summed E-state index contributed by atoms with van der Waals surface area (Å²) in [5.41, 5.74) is 0. The van der Waals surface area contributed by atoms with Crippen molar-refractivity contribution in [1.29, 1.82) is 0 Å². The smallest absolute Gasteiger partial charge is 0.00792 e. The van der Waals surface area contributed by atoms with E-state index in [4.69, 9.17) is 0 Å². The molecule has 0 spiro atoms. The first-order valence-corrected chi connectivity index (χ1v) is 6.51. The highest BCUT2D eigenvalue weighted by atomic mass is 15.1. The molecule has 0 radical (unpaired) electrons. The normalized spacial score (nSPS) is 25.8. The Hall–Kier alpha value is -0.0800. The second kappa shape index (κ2) is 6.49. The van der Waals surface area contributed by atoms with Crippen LogP contribution in [0.3, 0.4) is 0 Å². The fourth-order valence-corrected chi connectivity index (χ4v) is 2.38. The fourth-order valence-electron chi connectivity index (χ4n) is 2.38. The van der Waals surface area contributed by atoms with Gasteiger partial charge in [0, 0.05) is 12.6 Å². The summed E-state index contributed by atoms with van der Waals surface area (Å²) in [6, 6.07) is 0.687. The molecule has 1 heterocycles. The quantitative estimate of drug-likeness (QED) is 0.752. The van der Waals surface area contributed by atoms with Gasteiger partial charge in [0.25, 0.3) is 0 Å². The average Bonchev–Trinajstić information content (AvgIpc) is 2.17. The molecule has 1 aliphatic rings. The van der Waals surface area contributed by atoms with Gasteiger partial charge in [0.1, 0.15) is 0 Å². The van der Waals surface area contributed by atoms with E-state index in [2.05, 4.69) is 38.0 Å². The van der Waals surface area contributed by atoms with E-state index < -0.39 is 0 Å². The van der Waals surface area contributed by atoms with Crippen LogP contribution in [-0.2, 0) is 0 Å². The zero-order valence-electron chi connectivity index (χ0n) is 10.9. The summed E-state index contributed by atoms with van der Waals surface area (Å²) in [5, 5.41) is 3.68. The van der Waals surface area contributed by atoms with Crippen molar-refractivity contribution < 1.29 is 0 Å². The molecule has 0 aromatic carbocycles. The Kier molecular flexibility index (Phi) is 5.62. The SMILES string of the molecule is CC(C)CCNC(C)C1CCCN(C)C1. The number of nitrogens with one attached hydrogen (secondary N) is 1. The van der Waals surface area contributed by atoms with E-state index in [0.29, 0.717) is 6.04 Å². The van der Waals surface area contributed by atoms with Gasteiger partial charge in [0.2, 0.25) is 0 Å². The molecule has 0 aromatic rings. The Bertz CT molecular complexity index is 168. The van der Waals surface area contributed by atoms with E-state index in [0.717, 1.165) is 11.8 Å². The van der Waals surface area contributed by atoms with Crippen LogP contribution in [0, 0.1) is 11.8 Å². The van der Waals surface area contributed by atoms with E-state index in [1.165, 1.54) is 38.9 Å². The topological polar surface area (TPSA) is 15.3 Å². The minimum absolute atomic E-state index is 0.687. The second-order valence-electron chi connectivity index (χ2n) is 5.59. The van der Waals surface area contributed by atoms with E-state index in [-0.39, 0.29) is 0 Å². The van der Waals surface area contributed by atoms with E-state index in [1.807, 2.05) is 0 Å². The standard InChI is InChI=1S/C13H28N2/c1-11(2)7-8-14-12(3)13-6-5-9-15(4)10-13/h11-14H,5-10H2,1-4H3. The maximum Gasteiger partial charge on any atom is 0.00792 e. The van der Waals surface area contributed by atoms with Gasteiger partial charge in [-0.3, -0.25) is 0 Å². The molecule has 90 valence electrons. The Morgan fingerprint density at radius 3 is 2.67 bits per heavy atom. The highest BCUT2D eigenvalue weighted by Gasteiger charge is 2.21. The van der Waals surface area contributed by atoms with Crippen molar-refractivity contribution in [2.24, 2.45) is 11.8 Å². The Balaban J connectivity index is 2.17. The van der Waals surface area contributed by atoms with Crippen LogP contribution in [0.5, 0.6) is 0 Å². The second-order valence-corrected chi connectivity index (χ2v) is 5.59. The first kappa shape index (κ1) is 13.0. The maximum absolute atomic E-state index is 3.68. The molecule has 1 saturated heterocycles. The molecule has 2 nitrogen and oxygen atoms in total. The van der Waals surface area contributed by atoms with Crippen LogP contribution in [0.25, 0.3) is 0 Å². The van der Waals surface area contributed by atoms with Crippen molar-refractivity contribution in [2.45, 2.75) is 46.1 Å². The number of nitrogens with zero attached hydrogens (tertiary/aromatic N) is 1. The van der Waals surface area contributed by atoms with Crippen LogP contribution < -0.4 is 5.32 Å². The molecular formula is C13H28N2. The molecule has 0 amide bonds. The van der Waals surface area contributed by atoms with Crippen molar-refractivity contribution in [2.75, 3.05) is 26.7 Å². The number of likely N-dealkylation sites (tertiary alicyclic amines) is 1. The van der Waals surface area contributed by atoms with Crippen LogP contribution in [-0.4, -0.2) is 37.6 Å². The molecule has 0 aliphatic carbocycles. The Morgan fingerprint density at radius 1 is 1.33 bits per heavy atom. The van der Waals surface area contributed by atoms with Gasteiger partial charge in [-0.05, 0) is 58.2 Å². The summed E-state index contributed by atoms with van der Waals surface area (Å²) >= 11 is 0. The molecule has 2 atom stereocenters. The van der Waals surface area contributed by atoms with Crippen LogP contribution >= 0.6 is 0 Å². The van der Waals surface area contributed by atoms with Crippen molar-refractivity contribution >= 4 is 0 Å². The third-order valence-electron chi connectivity index (χ3n) is 3.56. The molecule has 15 heavy (non-hydrogen) atoms. The molecule has 1 aliphatic heterocycles. The molecule has 0 bridgehead atoms. The summed E-state index contributed by atoms with van der Waals surface area (Å²) < 4.78 is 0. The van der Waals surface area contributed by atoms with Gasteiger partial charge in [0.05, 0.1) is 0 Å². The summed E-state index contributed by atoms with van der Waals surface area (Å²) in [7, 11) is 2.24. The third kappa shape index (κ3) is 4.98. The predicted octanol–water partition coefficient (Wildman–Crippen LogP) is 2.35. The molecule has 0 aromatic heterocycles. The minimum Gasteiger partial charge on any atom is -0.314 e. The monoisotopic (exact) mass is 212 g/mol. The zero-order chi connectivity index (χ0) is 11.3. The van der Waals surface area contributed by atoms with Crippen molar-refractivity contribution in [3.05, 3.63) is 0 Å². The van der Waals surface area contributed by atoms with E-state index in [1.54, 1.807) is 0 Å². The van der Waals surface area contributed by atoms with Gasteiger partial charge >= 0.3 is 0 Å². The van der Waals surface area contributed by atoms with Gasteiger partial charge in [0.15, 0.2) is 0 Å². The lowest BCUT2D eigenvalue weighted by Crippen LogP contribution is -2.43. The molecule has 1 fully saturated rings. The summed E-state index contributed by atoms with van der Waals surface area (Å²) in [5.74, 6) is 1.68. The molecule has 1 rings (SSSR count). The minimum atomic E-state index is 0.687. The first-order valence-electron chi connectivity index (χ1n) is 6.51. The van der Waals surface area contributed by atoms with Gasteiger partial charge in [-0.2, -0.15) is 0 Å². The van der Waals surface area contributed by atoms with Crippen LogP contribution in [0.4, 0.5) is 0 Å². The summed E-state index contributed by atoms with van der Waals surface area (Å²) in [6.45, 7) is 10.7. The van der Waals surface area contributed by atoms with Crippen LogP contribution in [0.2, 0.25) is 0 Å². The van der Waals surface area contributed by atoms with E-state index >= 15 is 0 Å². The predicted molar refractivity (Wildman–Crippen MR) is 67.1 cm³/mol. The lowest BCUT2D eigenvalue weighted by Gasteiger charge is -2.34. The van der Waals surface area contributed by atoms with E-state index in [9.17, 15) is 0 Å². The van der Waals surface area contributed by atoms with Crippen LogP contribution in [0.15, 0.2) is 0 Å². The van der Waals surface area contributed by atoms with Gasteiger partial charge < -0.3 is 10.2 Å². The lowest BCUT2D eigenvalue weighted by molar-refractivity contribution is 0.178. The van der Waals surface area contributed by atoms with Gasteiger partial charge in [-0.15, -0.1) is 0 Å². The number of hydrogen-bond acceptors (Lipinski definition) is 2. The highest BCUT2D eigenvalue weighted by Crippen LogP contribution is 2.18. The zero-order valence-corrected chi connectivity index (χ0v) is 10.9. The summed E-state index contributed by atoms with van der Waals surface area (Å²) in [4.78, 5) is 2.47. The lowest BCUT2D eigenvalue weighted by atomic mass is 9.92. The molecule has 1 N–H and O–H groups in total. The van der Waals surface area contributed by atoms with Crippen molar-refractivity contribution in [3.8, 4) is 0 Å². The third-order valence-corrected chi connectivity index (χ3v) is 3.56. The molecule has 2 heteroatoms. The molecule has 2 unspecified atom stereocenters. The average molecular weight is 212 g/mol. The van der Waals surface area contributed by atoms with Crippen molar-refractivity contribution in [1.82, 2.24) is 10.2 Å². The Labute approximate surface area is 95.4 Å². The maximum atomic E-state index is 3.68. The molecule has 0 saturated carbocycles. The van der Waals surface area contributed by atoms with Gasteiger partial charge in [-0.25, -0.2) is 0 Å². The summed E-state index contributed by atoms with van der Waals surface area (Å²) in [6.07, 6.45) is 4.07. The largest absolute Gasteiger partial charge is 0.314 e. The Morgan fingerprint density at radius 2 is 2.07 bits per heavy atom. The number of hydrogen-bond donors (Lipinski definition) is 1. The number of rotatable bonds is 5. The molecular weight excluding hydrogens is 184 g/mol. The van der Waals surface area contributed by atoms with Gasteiger partial charge in [-0.1, -0.05) is 13.8 Å². The van der Waals surface area contributed by atoms with Crippen LogP contribution in [0.1, 0.15) is 40.0 Å². The first-order chi connectivity index (χ1) is 7.09. The van der Waals surface area contributed by atoms with Crippen molar-refractivity contribution in [3.63, 3.8) is 0 Å². The number of piperidine rings is 1.